The van der Waals surface area contributed by atoms with Crippen LogP contribution in [0.3, 0.4) is 0 Å². The number of nitrogens with one attached hydrogen (secondary N) is 1. The Hall–Kier alpha value is -0.320. The molecule has 264 valence electrons. The monoisotopic (exact) mass is 625 g/mol. The van der Waals surface area contributed by atoms with Gasteiger partial charge in [0.05, 0.1) is 0 Å². The Kier molecular flexibility index (Phi) is 17.3. The molecule has 8 heteroatoms. The Labute approximate surface area is 275 Å². The van der Waals surface area contributed by atoms with Gasteiger partial charge in [-0.1, -0.05) is 6.92 Å². The van der Waals surface area contributed by atoms with E-state index in [-0.39, 0.29) is 5.54 Å². The molecule has 0 radical (unpaired) electrons. The first-order valence-electron chi connectivity index (χ1n) is 18.0. The van der Waals surface area contributed by atoms with Crippen molar-refractivity contribution in [2.45, 2.75) is 162 Å². The third kappa shape index (κ3) is 17.0. The normalized spacial score (nSPS) is 28.9. The molecule has 0 saturated carbocycles. The third-order valence-electron chi connectivity index (χ3n) is 9.51. The molecule has 44 heavy (non-hydrogen) atoms. The van der Waals surface area contributed by atoms with Gasteiger partial charge in [-0.25, -0.2) is 0 Å². The molecule has 0 amide bonds. The molecule has 0 aliphatic carbocycles. The van der Waals surface area contributed by atoms with Crippen LogP contribution in [0.4, 0.5) is 0 Å². The average Bonchev–Trinajstić information content (AvgIpc) is 3.12. The second kappa shape index (κ2) is 18.3. The fourth-order valence-corrected chi connectivity index (χ4v) is 6.48. The average molecular weight is 625 g/mol. The van der Waals surface area contributed by atoms with Gasteiger partial charge in [0.2, 0.25) is 0 Å². The van der Waals surface area contributed by atoms with Crippen molar-refractivity contribution in [1.29, 1.82) is 0 Å². The minimum absolute atomic E-state index is 0.284. The predicted octanol–water partition coefficient (Wildman–Crippen LogP) is 4.56. The number of likely N-dealkylation sites (tertiary alicyclic amines) is 3. The van der Waals surface area contributed by atoms with E-state index in [1.54, 1.807) is 0 Å². The summed E-state index contributed by atoms with van der Waals surface area (Å²) in [6.07, 6.45) is 6.10. The lowest BCUT2D eigenvalue weighted by molar-refractivity contribution is 0.0732. The van der Waals surface area contributed by atoms with E-state index in [0.717, 1.165) is 38.5 Å². The zero-order chi connectivity index (χ0) is 33.9. The van der Waals surface area contributed by atoms with Crippen LogP contribution in [0.1, 0.15) is 122 Å². The summed E-state index contributed by atoms with van der Waals surface area (Å²) < 4.78 is 0. The summed E-state index contributed by atoms with van der Waals surface area (Å²) in [7, 11) is 0. The highest BCUT2D eigenvalue weighted by Gasteiger charge is 2.30. The first-order chi connectivity index (χ1) is 20.0. The quantitative estimate of drug-likeness (QED) is 0.311. The van der Waals surface area contributed by atoms with Crippen molar-refractivity contribution in [3.05, 3.63) is 0 Å². The lowest BCUT2D eigenvalue weighted by Crippen LogP contribution is -2.53. The van der Waals surface area contributed by atoms with Crippen LogP contribution in [0.25, 0.3) is 0 Å². The van der Waals surface area contributed by atoms with E-state index in [9.17, 15) is 0 Å². The van der Waals surface area contributed by atoms with Crippen molar-refractivity contribution in [3.63, 3.8) is 0 Å². The van der Waals surface area contributed by atoms with Crippen LogP contribution in [0.15, 0.2) is 0 Å². The highest BCUT2D eigenvalue weighted by Crippen LogP contribution is 2.23. The van der Waals surface area contributed by atoms with Crippen LogP contribution in [0.5, 0.6) is 0 Å². The molecule has 1 unspecified atom stereocenters. The van der Waals surface area contributed by atoms with Gasteiger partial charge >= 0.3 is 0 Å². The first kappa shape index (κ1) is 41.7. The molecular weight excluding hydrogens is 544 g/mol. The molecule has 0 aromatic carbocycles. The lowest BCUT2D eigenvalue weighted by atomic mass is 9.92. The predicted molar refractivity (Wildman–Crippen MR) is 194 cm³/mol. The second-order valence-electron chi connectivity index (χ2n) is 18.1. The van der Waals surface area contributed by atoms with E-state index < -0.39 is 0 Å². The van der Waals surface area contributed by atoms with E-state index in [4.69, 9.17) is 17.2 Å². The van der Waals surface area contributed by atoms with Gasteiger partial charge in [0.1, 0.15) is 0 Å². The number of rotatable bonds is 0. The molecule has 4 aliphatic rings. The molecule has 4 heterocycles. The molecule has 4 aliphatic heterocycles. The summed E-state index contributed by atoms with van der Waals surface area (Å²) in [6, 6.07) is 1.20. The van der Waals surface area contributed by atoms with Crippen LogP contribution in [-0.4, -0.2) is 125 Å². The van der Waals surface area contributed by atoms with Crippen molar-refractivity contribution < 1.29 is 0 Å². The summed E-state index contributed by atoms with van der Waals surface area (Å²) in [4.78, 5) is 9.96. The Morgan fingerprint density at radius 1 is 0.477 bits per heavy atom. The van der Waals surface area contributed by atoms with Gasteiger partial charge in [-0.15, -0.1) is 0 Å². The van der Waals surface area contributed by atoms with E-state index >= 15 is 0 Å². The minimum atomic E-state index is 0.284. The SMILES string of the molecule is CC(C)(C)N1CCC(N)C1.CC(C)(C)N1CCCNCC1.CC(C)(C)N1CCC[C@H](N)C1.C[C@@H]1C[C@H](N)CN(C(C)(C)C)C1. The molecule has 0 aromatic rings. The van der Waals surface area contributed by atoms with Crippen LogP contribution in [-0.2, 0) is 0 Å². The number of nitrogens with two attached hydrogens (primary N) is 3. The van der Waals surface area contributed by atoms with E-state index in [2.05, 4.69) is 115 Å². The molecule has 7 N–H and O–H groups in total. The van der Waals surface area contributed by atoms with Crippen molar-refractivity contribution in [1.82, 2.24) is 24.9 Å². The van der Waals surface area contributed by atoms with Crippen molar-refractivity contribution in [2.75, 3.05) is 65.4 Å². The zero-order valence-electron chi connectivity index (χ0n) is 31.9. The third-order valence-corrected chi connectivity index (χ3v) is 9.51. The van der Waals surface area contributed by atoms with Crippen LogP contribution >= 0.6 is 0 Å². The maximum atomic E-state index is 5.97. The van der Waals surface area contributed by atoms with Gasteiger partial charge < -0.3 is 22.5 Å². The summed E-state index contributed by atoms with van der Waals surface area (Å²) in [5, 5.41) is 3.41. The minimum Gasteiger partial charge on any atom is -0.327 e. The van der Waals surface area contributed by atoms with E-state index in [1.807, 2.05) is 0 Å². The summed E-state index contributed by atoms with van der Waals surface area (Å²) in [5.74, 6) is 0.757. The Balaban J connectivity index is 0.000000294. The van der Waals surface area contributed by atoms with Crippen molar-refractivity contribution >= 4 is 0 Å². The summed E-state index contributed by atoms with van der Waals surface area (Å²) in [5.41, 5.74) is 18.9. The molecule has 4 rings (SSSR count). The number of piperidine rings is 2. The van der Waals surface area contributed by atoms with Crippen LogP contribution in [0, 0.1) is 5.92 Å². The summed E-state index contributed by atoms with van der Waals surface area (Å²) >= 11 is 0. The van der Waals surface area contributed by atoms with Gasteiger partial charge in [0.25, 0.3) is 0 Å². The van der Waals surface area contributed by atoms with Gasteiger partial charge in [0, 0.05) is 86.1 Å². The molecule has 0 spiro atoms. The fourth-order valence-electron chi connectivity index (χ4n) is 6.48. The molecule has 0 bridgehead atoms. The van der Waals surface area contributed by atoms with Crippen molar-refractivity contribution in [2.24, 2.45) is 23.1 Å². The van der Waals surface area contributed by atoms with E-state index in [1.165, 1.54) is 65.0 Å². The fraction of sp³-hybridized carbons (Fsp3) is 1.00. The Morgan fingerprint density at radius 3 is 1.34 bits per heavy atom. The topological polar surface area (TPSA) is 103 Å². The Morgan fingerprint density at radius 2 is 0.932 bits per heavy atom. The number of hydrogen-bond acceptors (Lipinski definition) is 8. The number of hydrogen-bond donors (Lipinski definition) is 4. The van der Waals surface area contributed by atoms with Gasteiger partial charge in [0.15, 0.2) is 0 Å². The van der Waals surface area contributed by atoms with Gasteiger partial charge in [-0.2, -0.15) is 0 Å². The molecular formula is C36H80N8. The van der Waals surface area contributed by atoms with Gasteiger partial charge in [-0.3, -0.25) is 19.6 Å². The standard InChI is InChI=1S/C10H22N2.2C9H20N2.C8H18N2/c1-8-5-9(11)7-12(6-8)10(2,3)4;1-9(2,3)11-7-4-5-10-6-8-11;1-9(2,3)11-6-4-5-8(10)7-11;1-8(2,3)10-5-4-7(9)6-10/h8-9H,5-7,11H2,1-4H3;10H,4-8H2,1-3H3;8H,4-7,10H2,1-3H3;7H,4-6,9H2,1-3H3/t8-,9+;;8-;/m1.0./s1. The smallest absolute Gasteiger partial charge is 0.0180 e. The molecule has 0 aromatic heterocycles. The maximum absolute atomic E-state index is 5.97. The Bertz CT molecular complexity index is 730. The first-order valence-corrected chi connectivity index (χ1v) is 18.0. The number of nitrogens with zero attached hydrogens (tertiary/aromatic N) is 4. The molecule has 4 saturated heterocycles. The summed E-state index contributed by atoms with van der Waals surface area (Å²) in [6.45, 7) is 41.0. The van der Waals surface area contributed by atoms with E-state index in [0.29, 0.717) is 34.7 Å². The lowest BCUT2D eigenvalue weighted by Gasteiger charge is -2.43. The highest BCUT2D eigenvalue weighted by atomic mass is 15.2. The molecule has 4 fully saturated rings. The molecule has 8 nitrogen and oxygen atoms in total. The second-order valence-corrected chi connectivity index (χ2v) is 18.1. The van der Waals surface area contributed by atoms with Crippen LogP contribution < -0.4 is 22.5 Å². The zero-order valence-corrected chi connectivity index (χ0v) is 31.9. The van der Waals surface area contributed by atoms with Gasteiger partial charge in [-0.05, 0) is 141 Å². The largest absolute Gasteiger partial charge is 0.327 e. The van der Waals surface area contributed by atoms with Crippen molar-refractivity contribution in [3.8, 4) is 0 Å². The van der Waals surface area contributed by atoms with Crippen LogP contribution in [0.2, 0.25) is 0 Å². The maximum Gasteiger partial charge on any atom is 0.0180 e. The highest BCUT2D eigenvalue weighted by molar-refractivity contribution is 4.87. The molecule has 4 atom stereocenters.